The molecule has 1 amide bonds. The topological polar surface area (TPSA) is 46.3 Å². The molecule has 0 bridgehead atoms. The smallest absolute Gasteiger partial charge is 0.220 e. The van der Waals surface area contributed by atoms with Gasteiger partial charge in [-0.25, -0.2) is 0 Å². The fourth-order valence-corrected chi connectivity index (χ4v) is 3.02. The molecule has 92 valence electrons. The molecule has 0 saturated carbocycles. The van der Waals surface area contributed by atoms with Gasteiger partial charge >= 0.3 is 0 Å². The van der Waals surface area contributed by atoms with E-state index in [4.69, 9.17) is 5.73 Å². The number of hydrogen-bond acceptors (Lipinski definition) is 2. The first-order chi connectivity index (χ1) is 8.08. The maximum Gasteiger partial charge on any atom is 0.220 e. The summed E-state index contributed by atoms with van der Waals surface area (Å²) < 4.78 is 1.12. The van der Waals surface area contributed by atoms with Crippen molar-refractivity contribution in [2.24, 2.45) is 11.7 Å². The van der Waals surface area contributed by atoms with E-state index in [1.807, 2.05) is 0 Å². The molecule has 1 aromatic carbocycles. The van der Waals surface area contributed by atoms with Crippen LogP contribution >= 0.6 is 15.9 Å². The molecule has 1 aliphatic heterocycles. The van der Waals surface area contributed by atoms with Gasteiger partial charge in [-0.1, -0.05) is 6.07 Å². The van der Waals surface area contributed by atoms with Crippen LogP contribution in [0.2, 0.25) is 0 Å². The predicted octanol–water partition coefficient (Wildman–Crippen LogP) is 2.46. The van der Waals surface area contributed by atoms with Gasteiger partial charge in [0.1, 0.15) is 0 Å². The Kier molecular flexibility index (Phi) is 3.72. The van der Waals surface area contributed by atoms with Crippen LogP contribution in [-0.2, 0) is 4.79 Å². The summed E-state index contributed by atoms with van der Waals surface area (Å²) in [6.07, 6.45) is 1.71. The first-order valence-corrected chi connectivity index (χ1v) is 6.67. The van der Waals surface area contributed by atoms with Crippen molar-refractivity contribution in [1.29, 1.82) is 0 Å². The number of nitrogens with zero attached hydrogens (tertiary/aromatic N) is 1. The van der Waals surface area contributed by atoms with Gasteiger partial charge in [0.25, 0.3) is 0 Å². The zero-order valence-electron chi connectivity index (χ0n) is 9.95. The molecule has 0 unspecified atom stereocenters. The molecule has 1 heterocycles. The zero-order valence-corrected chi connectivity index (χ0v) is 11.5. The first kappa shape index (κ1) is 12.4. The number of rotatable bonds is 2. The Morgan fingerprint density at radius 1 is 1.41 bits per heavy atom. The third-order valence-electron chi connectivity index (χ3n) is 3.34. The molecule has 1 saturated heterocycles. The molecular weight excluding hydrogens is 280 g/mol. The number of carbonyl (C=O) groups excluding carboxylic acids is 1. The Balaban J connectivity index is 2.08. The summed E-state index contributed by atoms with van der Waals surface area (Å²) in [5.41, 5.74) is 7.78. The summed E-state index contributed by atoms with van der Waals surface area (Å²) in [5.74, 6) is -0.108. The van der Waals surface area contributed by atoms with Gasteiger partial charge < -0.3 is 10.6 Å². The molecule has 4 heteroatoms. The van der Waals surface area contributed by atoms with Gasteiger partial charge in [0.05, 0.1) is 5.69 Å². The van der Waals surface area contributed by atoms with Crippen molar-refractivity contribution in [3.63, 3.8) is 0 Å². The lowest BCUT2D eigenvalue weighted by molar-refractivity contribution is -0.122. The summed E-state index contributed by atoms with van der Waals surface area (Å²) in [4.78, 5) is 13.4. The SMILES string of the molecule is Cc1ccc(N2CCC(C(N)=O)CC2)c(Br)c1. The maximum absolute atomic E-state index is 11.1. The van der Waals surface area contributed by atoms with E-state index in [1.165, 1.54) is 11.3 Å². The lowest BCUT2D eigenvalue weighted by Gasteiger charge is -2.33. The van der Waals surface area contributed by atoms with Crippen molar-refractivity contribution in [3.8, 4) is 0 Å². The Labute approximate surface area is 110 Å². The molecule has 0 atom stereocenters. The van der Waals surface area contributed by atoms with E-state index in [0.717, 1.165) is 30.4 Å². The van der Waals surface area contributed by atoms with Crippen LogP contribution in [0.25, 0.3) is 0 Å². The number of carbonyl (C=O) groups is 1. The van der Waals surface area contributed by atoms with Crippen LogP contribution in [0.4, 0.5) is 5.69 Å². The minimum absolute atomic E-state index is 0.0514. The van der Waals surface area contributed by atoms with Gasteiger partial charge in [0, 0.05) is 23.5 Å². The average molecular weight is 297 g/mol. The number of hydrogen-bond donors (Lipinski definition) is 1. The van der Waals surface area contributed by atoms with Gasteiger partial charge in [0.15, 0.2) is 0 Å². The van der Waals surface area contributed by atoms with Crippen LogP contribution in [0.3, 0.4) is 0 Å². The Bertz CT molecular complexity index is 425. The van der Waals surface area contributed by atoms with Crippen LogP contribution in [0, 0.1) is 12.8 Å². The molecule has 2 rings (SSSR count). The van der Waals surface area contributed by atoms with Crippen molar-refractivity contribution in [2.45, 2.75) is 19.8 Å². The van der Waals surface area contributed by atoms with Gasteiger partial charge in [-0.05, 0) is 53.4 Å². The first-order valence-electron chi connectivity index (χ1n) is 5.88. The molecule has 2 N–H and O–H groups in total. The summed E-state index contributed by atoms with van der Waals surface area (Å²) in [7, 11) is 0. The van der Waals surface area contributed by atoms with Crippen LogP contribution in [0.15, 0.2) is 22.7 Å². The number of halogens is 1. The molecule has 1 aliphatic rings. The monoisotopic (exact) mass is 296 g/mol. The Morgan fingerprint density at radius 3 is 2.59 bits per heavy atom. The highest BCUT2D eigenvalue weighted by atomic mass is 79.9. The molecule has 0 aromatic heterocycles. The molecule has 1 fully saturated rings. The zero-order chi connectivity index (χ0) is 12.4. The van der Waals surface area contributed by atoms with Crippen molar-refractivity contribution >= 4 is 27.5 Å². The van der Waals surface area contributed by atoms with Crippen molar-refractivity contribution in [1.82, 2.24) is 0 Å². The summed E-state index contributed by atoms with van der Waals surface area (Å²) >= 11 is 3.59. The van der Waals surface area contributed by atoms with E-state index in [1.54, 1.807) is 0 Å². The quantitative estimate of drug-likeness (QED) is 0.911. The second-order valence-electron chi connectivity index (χ2n) is 4.62. The van der Waals surface area contributed by atoms with E-state index in [9.17, 15) is 4.79 Å². The summed E-state index contributed by atoms with van der Waals surface area (Å²) in [5, 5.41) is 0. The van der Waals surface area contributed by atoms with Crippen LogP contribution in [-0.4, -0.2) is 19.0 Å². The minimum atomic E-state index is -0.160. The van der Waals surface area contributed by atoms with Gasteiger partial charge in [-0.2, -0.15) is 0 Å². The fourth-order valence-electron chi connectivity index (χ4n) is 2.27. The van der Waals surface area contributed by atoms with E-state index in [-0.39, 0.29) is 11.8 Å². The molecule has 0 spiro atoms. The summed E-state index contributed by atoms with van der Waals surface area (Å²) in [6, 6.07) is 6.36. The van der Waals surface area contributed by atoms with Crippen LogP contribution in [0.1, 0.15) is 18.4 Å². The van der Waals surface area contributed by atoms with Crippen LogP contribution < -0.4 is 10.6 Å². The number of amides is 1. The predicted molar refractivity (Wildman–Crippen MR) is 73.0 cm³/mol. The van der Waals surface area contributed by atoms with E-state index in [0.29, 0.717) is 0 Å². The third kappa shape index (κ3) is 2.80. The fraction of sp³-hybridized carbons (Fsp3) is 0.462. The Morgan fingerprint density at radius 2 is 2.06 bits per heavy atom. The number of benzene rings is 1. The number of aryl methyl sites for hydroxylation is 1. The van der Waals surface area contributed by atoms with Crippen molar-refractivity contribution in [2.75, 3.05) is 18.0 Å². The largest absolute Gasteiger partial charge is 0.371 e. The highest BCUT2D eigenvalue weighted by molar-refractivity contribution is 9.10. The molecule has 1 aromatic rings. The van der Waals surface area contributed by atoms with Crippen LogP contribution in [0.5, 0.6) is 0 Å². The number of primary amides is 1. The average Bonchev–Trinajstić information content (AvgIpc) is 2.29. The number of anilines is 1. The molecule has 3 nitrogen and oxygen atoms in total. The van der Waals surface area contributed by atoms with Gasteiger partial charge in [-0.15, -0.1) is 0 Å². The lowest BCUT2D eigenvalue weighted by Crippen LogP contribution is -2.38. The Hall–Kier alpha value is -1.03. The van der Waals surface area contributed by atoms with E-state index >= 15 is 0 Å². The molecular formula is C13H17BrN2O. The maximum atomic E-state index is 11.1. The third-order valence-corrected chi connectivity index (χ3v) is 3.98. The van der Waals surface area contributed by atoms with Gasteiger partial charge in [0.2, 0.25) is 5.91 Å². The van der Waals surface area contributed by atoms with E-state index < -0.39 is 0 Å². The molecule has 0 aliphatic carbocycles. The summed E-state index contributed by atoms with van der Waals surface area (Å²) in [6.45, 7) is 3.87. The molecule has 0 radical (unpaired) electrons. The number of nitrogens with two attached hydrogens (primary N) is 1. The highest BCUT2D eigenvalue weighted by Gasteiger charge is 2.23. The van der Waals surface area contributed by atoms with Crippen molar-refractivity contribution < 1.29 is 4.79 Å². The van der Waals surface area contributed by atoms with E-state index in [2.05, 4.69) is 46.0 Å². The second-order valence-corrected chi connectivity index (χ2v) is 5.47. The minimum Gasteiger partial charge on any atom is -0.371 e. The van der Waals surface area contributed by atoms with Crippen molar-refractivity contribution in [3.05, 3.63) is 28.2 Å². The second kappa shape index (κ2) is 5.08. The highest BCUT2D eigenvalue weighted by Crippen LogP contribution is 2.30. The molecule has 17 heavy (non-hydrogen) atoms. The van der Waals surface area contributed by atoms with Gasteiger partial charge in [-0.3, -0.25) is 4.79 Å². The standard InChI is InChI=1S/C13H17BrN2O/c1-9-2-3-12(11(14)8-9)16-6-4-10(5-7-16)13(15)17/h2-3,8,10H,4-7H2,1H3,(H2,15,17). The number of piperidine rings is 1. The normalized spacial score (nSPS) is 17.2. The lowest BCUT2D eigenvalue weighted by atomic mass is 9.96.